The summed E-state index contributed by atoms with van der Waals surface area (Å²) in [5.74, 6) is 0. The van der Waals surface area contributed by atoms with Gasteiger partial charge in [0, 0.05) is 6.20 Å². The Balaban J connectivity index is -0.000000330. The molecule has 0 saturated carbocycles. The number of pyridine rings is 1. The van der Waals surface area contributed by atoms with Gasteiger partial charge in [-0.05, 0) is 5.52 Å². The van der Waals surface area contributed by atoms with Crippen molar-refractivity contribution in [2.45, 2.75) is 0 Å². The Labute approximate surface area is 198 Å². The number of hydrogen-bond donors (Lipinski definition) is 0. The Morgan fingerprint density at radius 2 is 1.55 bits per heavy atom. The maximum absolute atomic E-state index is 4.13. The van der Waals surface area contributed by atoms with Crippen LogP contribution in [0.15, 0.2) is 107 Å². The SMILES string of the molecule is Cl.Cl.[C-]1=NC2=CC=CC2=C1.[CH3-].[CH3-].[Cr+5].[c-]1cccc2cccnc12.[c-]1ccccc1. The number of allylic oxidation sites excluding steroid dienone is 4. The van der Waals surface area contributed by atoms with Gasteiger partial charge in [-0.15, -0.1) is 48.4 Å². The zero-order valence-corrected chi connectivity index (χ0v) is 19.2. The van der Waals surface area contributed by atoms with Crippen LogP contribution in [0.3, 0.4) is 0 Å². The summed E-state index contributed by atoms with van der Waals surface area (Å²) in [5, 5.41) is 1.14. The molecule has 1 radical (unpaired) electrons. The van der Waals surface area contributed by atoms with Gasteiger partial charge in [-0.25, -0.2) is 0 Å². The Morgan fingerprint density at radius 3 is 2.14 bits per heavy atom. The van der Waals surface area contributed by atoms with Crippen molar-refractivity contribution in [3.8, 4) is 0 Å². The zero-order chi connectivity index (χ0) is 16.5. The van der Waals surface area contributed by atoms with E-state index < -0.39 is 0 Å². The Bertz CT molecular complexity index is 802. The second kappa shape index (κ2) is 17.9. The monoisotopic (exact) mass is 461 g/mol. The number of halogens is 2. The third kappa shape index (κ3) is 10.3. The van der Waals surface area contributed by atoms with Crippen molar-refractivity contribution in [3.63, 3.8) is 0 Å². The fourth-order valence-electron chi connectivity index (χ4n) is 2.11. The molecule has 0 amide bonds. The standard InChI is InChI=1S/C9H6N.C7H4N.C6H5.2CH3.2ClH.Cr/c1-2-6-9-8(4-1)5-3-7-10-9;1-2-6-4-5-8-7(6)3-1;1-2-4-6-5-3-1;;;;;/h1-5,7H;1-4H;1-5H;2*1H3;2*1H;/q5*-1;;;+5. The first-order valence-corrected chi connectivity index (χ1v) is 7.61. The first-order valence-electron chi connectivity index (χ1n) is 7.61. The minimum absolute atomic E-state index is 0. The summed E-state index contributed by atoms with van der Waals surface area (Å²) in [6.45, 7) is 0. The van der Waals surface area contributed by atoms with Crippen LogP contribution in [0.25, 0.3) is 10.9 Å². The van der Waals surface area contributed by atoms with Crippen molar-refractivity contribution in [1.29, 1.82) is 0 Å². The fourth-order valence-corrected chi connectivity index (χ4v) is 2.11. The fraction of sp³-hybridized carbons (Fsp3) is 0. The molecule has 149 valence electrons. The molecule has 5 heteroatoms. The van der Waals surface area contributed by atoms with Gasteiger partial charge >= 0.3 is 17.4 Å². The average Bonchev–Trinajstić information content (AvgIpc) is 3.29. The summed E-state index contributed by atoms with van der Waals surface area (Å²) in [4.78, 5) is 8.08. The van der Waals surface area contributed by atoms with Crippen LogP contribution >= 0.6 is 24.8 Å². The summed E-state index contributed by atoms with van der Waals surface area (Å²) >= 11 is 0. The van der Waals surface area contributed by atoms with Crippen molar-refractivity contribution in [2.75, 3.05) is 0 Å². The third-order valence-corrected chi connectivity index (χ3v) is 3.27. The third-order valence-electron chi connectivity index (χ3n) is 3.27. The summed E-state index contributed by atoms with van der Waals surface area (Å²) in [6.07, 6.45) is 12.4. The van der Waals surface area contributed by atoms with Gasteiger partial charge in [0.25, 0.3) is 0 Å². The Kier molecular flexibility index (Phi) is 19.5. The number of fused-ring (bicyclic) bond motifs is 2. The molecule has 0 spiro atoms. The van der Waals surface area contributed by atoms with Crippen molar-refractivity contribution >= 4 is 41.9 Å². The topological polar surface area (TPSA) is 25.2 Å². The van der Waals surface area contributed by atoms with E-state index in [9.17, 15) is 0 Å². The van der Waals surface area contributed by atoms with E-state index >= 15 is 0 Å². The molecular weight excluding hydrogens is 439 g/mol. The maximum Gasteiger partial charge on any atom is 5.00 e. The van der Waals surface area contributed by atoms with Gasteiger partial charge in [-0.1, -0.05) is 24.1 Å². The molecule has 29 heavy (non-hydrogen) atoms. The molecule has 2 aliphatic rings. The van der Waals surface area contributed by atoms with Gasteiger partial charge in [0.1, 0.15) is 0 Å². The molecule has 1 aliphatic heterocycles. The summed E-state index contributed by atoms with van der Waals surface area (Å²) in [6, 6.07) is 25.4. The molecular formula is C24H23Cl2CrN2. The van der Waals surface area contributed by atoms with E-state index in [2.05, 4.69) is 28.3 Å². The van der Waals surface area contributed by atoms with E-state index in [-0.39, 0.29) is 57.0 Å². The van der Waals surface area contributed by atoms with Crippen molar-refractivity contribution in [3.05, 3.63) is 129 Å². The van der Waals surface area contributed by atoms with E-state index in [1.165, 1.54) is 5.57 Å². The van der Waals surface area contributed by atoms with E-state index in [0.29, 0.717) is 0 Å². The first kappa shape index (κ1) is 31.5. The van der Waals surface area contributed by atoms with Gasteiger partial charge in [0.15, 0.2) is 0 Å². The smallest absolute Gasteiger partial charge is 0.398 e. The van der Waals surface area contributed by atoms with Crippen molar-refractivity contribution in [1.82, 2.24) is 4.98 Å². The average molecular weight is 462 g/mol. The van der Waals surface area contributed by atoms with Crippen molar-refractivity contribution in [2.24, 2.45) is 4.99 Å². The quantitative estimate of drug-likeness (QED) is 0.346. The van der Waals surface area contributed by atoms with Crippen LogP contribution in [-0.4, -0.2) is 11.2 Å². The molecule has 5 rings (SSSR count). The molecule has 1 aliphatic carbocycles. The Morgan fingerprint density at radius 1 is 0.828 bits per heavy atom. The summed E-state index contributed by atoms with van der Waals surface area (Å²) in [5.41, 5.74) is 3.17. The van der Waals surface area contributed by atoms with Crippen LogP contribution in [0.5, 0.6) is 0 Å². The van der Waals surface area contributed by atoms with Gasteiger partial charge < -0.3 is 19.8 Å². The number of aliphatic imine (C=N–C) groups is 1. The van der Waals surface area contributed by atoms with Crippen LogP contribution in [-0.2, 0) is 17.4 Å². The molecule has 0 bridgehead atoms. The molecule has 0 saturated heterocycles. The molecule has 0 N–H and O–H groups in total. The van der Waals surface area contributed by atoms with Crippen LogP contribution in [0.2, 0.25) is 0 Å². The number of rotatable bonds is 0. The second-order valence-corrected chi connectivity index (χ2v) is 4.94. The first-order chi connectivity index (χ1) is 11.9. The van der Waals surface area contributed by atoms with Crippen LogP contribution in [0.4, 0.5) is 0 Å². The number of aromatic nitrogens is 1. The summed E-state index contributed by atoms with van der Waals surface area (Å²) < 4.78 is 0. The Hall–Kier alpha value is -2.15. The van der Waals surface area contributed by atoms with E-state index in [4.69, 9.17) is 0 Å². The zero-order valence-electron chi connectivity index (χ0n) is 16.3. The molecule has 2 nitrogen and oxygen atoms in total. The molecule has 2 heterocycles. The molecule has 0 fully saturated rings. The predicted octanol–water partition coefficient (Wildman–Crippen LogP) is 6.59. The number of nitrogens with zero attached hydrogens (tertiary/aromatic N) is 2. The minimum atomic E-state index is 0. The van der Waals surface area contributed by atoms with Crippen molar-refractivity contribution < 1.29 is 17.4 Å². The molecule has 1 aromatic heterocycles. The van der Waals surface area contributed by atoms with Gasteiger partial charge in [0.05, 0.1) is 0 Å². The van der Waals surface area contributed by atoms with Crippen LogP contribution in [0, 0.1) is 27.0 Å². The minimum Gasteiger partial charge on any atom is -0.398 e. The number of benzene rings is 2. The molecule has 3 aromatic rings. The largest absolute Gasteiger partial charge is 5.00 e. The molecule has 0 atom stereocenters. The van der Waals surface area contributed by atoms with E-state index in [1.54, 1.807) is 6.20 Å². The number of hydrogen-bond acceptors (Lipinski definition) is 2. The van der Waals surface area contributed by atoms with E-state index in [0.717, 1.165) is 16.6 Å². The summed E-state index contributed by atoms with van der Waals surface area (Å²) in [7, 11) is 0. The maximum atomic E-state index is 4.13. The van der Waals surface area contributed by atoms with Crippen LogP contribution < -0.4 is 0 Å². The second-order valence-electron chi connectivity index (χ2n) is 4.94. The van der Waals surface area contributed by atoms with Gasteiger partial charge in [-0.2, -0.15) is 72.3 Å². The molecule has 2 aromatic carbocycles. The number of para-hydroxylation sites is 1. The van der Waals surface area contributed by atoms with Gasteiger partial charge in [-0.3, -0.25) is 4.98 Å². The van der Waals surface area contributed by atoms with Gasteiger partial charge in [0.2, 0.25) is 0 Å². The normalized spacial score (nSPS) is 10.9. The van der Waals surface area contributed by atoms with E-state index in [1.807, 2.05) is 85.0 Å². The predicted molar refractivity (Wildman–Crippen MR) is 126 cm³/mol. The molecule has 0 unspecified atom stereocenters. The van der Waals surface area contributed by atoms with Crippen LogP contribution in [0.1, 0.15) is 0 Å².